The molecule has 118 valence electrons. The summed E-state index contributed by atoms with van der Waals surface area (Å²) in [6.45, 7) is 3.90. The third-order valence-electron chi connectivity index (χ3n) is 2.89. The molecule has 0 saturated heterocycles. The molecule has 23 heavy (non-hydrogen) atoms. The zero-order chi connectivity index (χ0) is 16.7. The number of carbonyl (C=O) groups is 2. The predicted octanol–water partition coefficient (Wildman–Crippen LogP) is 2.47. The first-order valence-electron chi connectivity index (χ1n) is 6.81. The van der Waals surface area contributed by atoms with Crippen LogP contribution >= 0.6 is 0 Å². The third kappa shape index (κ3) is 4.41. The summed E-state index contributed by atoms with van der Waals surface area (Å²) < 4.78 is 18.7. The van der Waals surface area contributed by atoms with Gasteiger partial charge in [0.25, 0.3) is 11.8 Å². The molecular formula is C17H15FN2O3. The maximum atomic E-state index is 13.4. The Hall–Kier alpha value is -3.15. The van der Waals surface area contributed by atoms with Crippen LogP contribution in [-0.4, -0.2) is 18.4 Å². The van der Waals surface area contributed by atoms with Gasteiger partial charge in [-0.15, -0.1) is 0 Å². The Bertz CT molecular complexity index is 714. The van der Waals surface area contributed by atoms with Crippen LogP contribution in [0.3, 0.4) is 0 Å². The van der Waals surface area contributed by atoms with E-state index in [4.69, 9.17) is 4.74 Å². The fourth-order valence-electron chi connectivity index (χ4n) is 1.76. The summed E-state index contributed by atoms with van der Waals surface area (Å²) in [7, 11) is 0. The molecule has 0 aliphatic carbocycles. The number of carbonyl (C=O) groups excluding carboxylic acids is 2. The third-order valence-corrected chi connectivity index (χ3v) is 2.89. The second kappa shape index (κ2) is 7.74. The van der Waals surface area contributed by atoms with Crippen LogP contribution in [0.2, 0.25) is 0 Å². The van der Waals surface area contributed by atoms with Crippen molar-refractivity contribution in [1.82, 2.24) is 10.9 Å². The number of hydrazine groups is 1. The Kier molecular flexibility index (Phi) is 5.46. The van der Waals surface area contributed by atoms with Crippen molar-refractivity contribution in [3.8, 4) is 5.75 Å². The van der Waals surface area contributed by atoms with Crippen molar-refractivity contribution in [3.63, 3.8) is 0 Å². The zero-order valence-corrected chi connectivity index (χ0v) is 12.2. The lowest BCUT2D eigenvalue weighted by atomic mass is 10.2. The molecular weight excluding hydrogens is 299 g/mol. The Balaban J connectivity index is 1.93. The lowest BCUT2D eigenvalue weighted by Gasteiger charge is -2.08. The molecule has 0 atom stereocenters. The molecule has 2 aromatic rings. The van der Waals surface area contributed by atoms with E-state index in [1.807, 2.05) is 0 Å². The minimum absolute atomic E-state index is 0.152. The highest BCUT2D eigenvalue weighted by Gasteiger charge is 2.12. The number of halogens is 1. The van der Waals surface area contributed by atoms with Gasteiger partial charge in [0.2, 0.25) is 0 Å². The number of hydrogen-bond acceptors (Lipinski definition) is 3. The summed E-state index contributed by atoms with van der Waals surface area (Å²) in [5.41, 5.74) is 4.56. The molecule has 0 saturated carbocycles. The quantitative estimate of drug-likeness (QED) is 0.658. The van der Waals surface area contributed by atoms with E-state index in [0.717, 1.165) is 0 Å². The predicted molar refractivity (Wildman–Crippen MR) is 83.5 cm³/mol. The fourth-order valence-corrected chi connectivity index (χ4v) is 1.76. The molecule has 2 aromatic carbocycles. The van der Waals surface area contributed by atoms with Gasteiger partial charge in [-0.05, 0) is 36.4 Å². The Morgan fingerprint density at radius 3 is 2.35 bits per heavy atom. The molecule has 5 nitrogen and oxygen atoms in total. The van der Waals surface area contributed by atoms with Gasteiger partial charge >= 0.3 is 0 Å². The van der Waals surface area contributed by atoms with Gasteiger partial charge in [-0.2, -0.15) is 0 Å². The largest absolute Gasteiger partial charge is 0.490 e. The highest BCUT2D eigenvalue weighted by atomic mass is 19.1. The molecule has 6 heteroatoms. The van der Waals surface area contributed by atoms with E-state index in [-0.39, 0.29) is 5.56 Å². The number of ether oxygens (including phenoxy) is 1. The van der Waals surface area contributed by atoms with E-state index in [1.165, 1.54) is 24.3 Å². The Morgan fingerprint density at radius 1 is 1.04 bits per heavy atom. The summed E-state index contributed by atoms with van der Waals surface area (Å²) in [4.78, 5) is 23.7. The summed E-state index contributed by atoms with van der Waals surface area (Å²) in [6, 6.07) is 11.8. The number of amides is 2. The van der Waals surface area contributed by atoms with Gasteiger partial charge in [0.15, 0.2) is 0 Å². The van der Waals surface area contributed by atoms with Crippen molar-refractivity contribution in [3.05, 3.63) is 78.1 Å². The van der Waals surface area contributed by atoms with E-state index in [1.54, 1.807) is 30.3 Å². The van der Waals surface area contributed by atoms with E-state index >= 15 is 0 Å². The van der Waals surface area contributed by atoms with Gasteiger partial charge in [-0.3, -0.25) is 20.4 Å². The van der Waals surface area contributed by atoms with Gasteiger partial charge in [0.05, 0.1) is 5.56 Å². The minimum Gasteiger partial charge on any atom is -0.490 e. The van der Waals surface area contributed by atoms with Crippen LogP contribution in [0, 0.1) is 5.82 Å². The number of rotatable bonds is 5. The molecule has 0 aromatic heterocycles. The summed E-state index contributed by atoms with van der Waals surface area (Å²) in [5, 5.41) is 0. The lowest BCUT2D eigenvalue weighted by molar-refractivity contribution is 0.0844. The minimum atomic E-state index is -0.734. The topological polar surface area (TPSA) is 67.4 Å². The van der Waals surface area contributed by atoms with Crippen molar-refractivity contribution in [2.45, 2.75) is 0 Å². The molecule has 2 rings (SSSR count). The molecule has 0 radical (unpaired) electrons. The Labute approximate surface area is 132 Å². The number of nitrogens with one attached hydrogen (secondary N) is 2. The van der Waals surface area contributed by atoms with Crippen LogP contribution in [0.15, 0.2) is 61.2 Å². The summed E-state index contributed by atoms with van der Waals surface area (Å²) in [5.74, 6) is -1.33. The first-order chi connectivity index (χ1) is 11.1. The second-order valence-corrected chi connectivity index (χ2v) is 4.51. The molecule has 0 aliphatic heterocycles. The van der Waals surface area contributed by atoms with Gasteiger partial charge in [0, 0.05) is 5.56 Å². The van der Waals surface area contributed by atoms with E-state index < -0.39 is 17.6 Å². The molecule has 0 aliphatic rings. The Morgan fingerprint density at radius 2 is 1.70 bits per heavy atom. The average molecular weight is 314 g/mol. The van der Waals surface area contributed by atoms with Gasteiger partial charge in [-0.1, -0.05) is 24.8 Å². The maximum Gasteiger partial charge on any atom is 0.272 e. The van der Waals surface area contributed by atoms with Gasteiger partial charge in [-0.25, -0.2) is 4.39 Å². The van der Waals surface area contributed by atoms with Crippen molar-refractivity contribution in [2.24, 2.45) is 0 Å². The van der Waals surface area contributed by atoms with Crippen LogP contribution in [0.25, 0.3) is 0 Å². The van der Waals surface area contributed by atoms with Crippen LogP contribution in [-0.2, 0) is 0 Å². The van der Waals surface area contributed by atoms with Crippen molar-refractivity contribution < 1.29 is 18.7 Å². The molecule has 0 heterocycles. The summed E-state index contributed by atoms with van der Waals surface area (Å²) in [6.07, 6.45) is 1.61. The maximum absolute atomic E-state index is 13.4. The number of benzene rings is 2. The van der Waals surface area contributed by atoms with Crippen molar-refractivity contribution in [2.75, 3.05) is 6.61 Å². The van der Waals surface area contributed by atoms with Crippen LogP contribution in [0.1, 0.15) is 20.7 Å². The van der Waals surface area contributed by atoms with E-state index in [0.29, 0.717) is 17.9 Å². The zero-order valence-electron chi connectivity index (χ0n) is 12.2. The molecule has 0 bridgehead atoms. The molecule has 2 amide bonds. The highest BCUT2D eigenvalue weighted by molar-refractivity contribution is 5.99. The summed E-state index contributed by atoms with van der Waals surface area (Å²) >= 11 is 0. The van der Waals surface area contributed by atoms with E-state index in [9.17, 15) is 14.0 Å². The van der Waals surface area contributed by atoms with Crippen LogP contribution < -0.4 is 15.6 Å². The van der Waals surface area contributed by atoms with Gasteiger partial charge < -0.3 is 4.74 Å². The molecule has 2 N–H and O–H groups in total. The van der Waals surface area contributed by atoms with Crippen molar-refractivity contribution in [1.29, 1.82) is 0 Å². The lowest BCUT2D eigenvalue weighted by Crippen LogP contribution is -2.41. The average Bonchev–Trinajstić information content (AvgIpc) is 2.58. The highest BCUT2D eigenvalue weighted by Crippen LogP contribution is 2.12. The van der Waals surface area contributed by atoms with Crippen molar-refractivity contribution >= 4 is 11.8 Å². The second-order valence-electron chi connectivity index (χ2n) is 4.51. The molecule has 0 unspecified atom stereocenters. The number of hydrogen-bond donors (Lipinski definition) is 2. The molecule has 0 fully saturated rings. The smallest absolute Gasteiger partial charge is 0.272 e. The first-order valence-corrected chi connectivity index (χ1v) is 6.81. The first kappa shape index (κ1) is 16.2. The van der Waals surface area contributed by atoms with Crippen LogP contribution in [0.5, 0.6) is 5.75 Å². The van der Waals surface area contributed by atoms with Crippen LogP contribution in [0.4, 0.5) is 4.39 Å². The fraction of sp³-hybridized carbons (Fsp3) is 0.0588. The normalized spacial score (nSPS) is 9.78. The van der Waals surface area contributed by atoms with Gasteiger partial charge in [0.1, 0.15) is 18.2 Å². The molecule has 0 spiro atoms. The standard InChI is InChI=1S/C17H15FN2O3/c1-2-11-23-13-9-7-12(8-10-13)16(21)19-20-17(22)14-5-3-4-6-15(14)18/h2-10H,1,11H2,(H,19,21)(H,20,22). The monoisotopic (exact) mass is 314 g/mol. The SMILES string of the molecule is C=CCOc1ccc(C(=O)NNC(=O)c2ccccc2F)cc1. The van der Waals surface area contributed by atoms with E-state index in [2.05, 4.69) is 17.4 Å².